The Balaban J connectivity index is 1.89. The minimum atomic E-state index is -0.482. The van der Waals surface area contributed by atoms with Crippen LogP contribution in [0.4, 0.5) is 0 Å². The Kier molecular flexibility index (Phi) is 4.74. The van der Waals surface area contributed by atoms with E-state index < -0.39 is 12.1 Å². The van der Waals surface area contributed by atoms with Crippen molar-refractivity contribution >= 4 is 40.7 Å². The lowest BCUT2D eigenvalue weighted by molar-refractivity contribution is 0.0338. The van der Waals surface area contributed by atoms with Crippen molar-refractivity contribution in [2.75, 3.05) is 0 Å². The molecule has 0 amide bonds. The first-order chi connectivity index (χ1) is 11.9. The number of aromatic amines is 1. The lowest BCUT2D eigenvalue weighted by atomic mass is 10.1. The predicted octanol–water partition coefficient (Wildman–Crippen LogP) is 4.17. The predicted molar refractivity (Wildman–Crippen MR) is 99.7 cm³/mol. The van der Waals surface area contributed by atoms with Gasteiger partial charge >= 0.3 is 5.97 Å². The zero-order valence-corrected chi connectivity index (χ0v) is 15.1. The zero-order valence-electron chi connectivity index (χ0n) is 13.6. The number of ether oxygens (including phenoxy) is 1. The smallest absolute Gasteiger partial charge is 0.338 e. The van der Waals surface area contributed by atoms with Crippen molar-refractivity contribution in [2.45, 2.75) is 13.0 Å². The van der Waals surface area contributed by atoms with Gasteiger partial charge in [-0.25, -0.2) is 4.79 Å². The summed E-state index contributed by atoms with van der Waals surface area (Å²) >= 11 is 11.0. The molecule has 0 aliphatic heterocycles. The SMILES string of the molecule is C[C@@H](OC(=O)c1ccc2c(=O)n(C)c(=S)[nH]c2c1)c1ccc(Cl)cc1. The number of nitrogens with zero attached hydrogens (tertiary/aromatic N) is 1. The highest BCUT2D eigenvalue weighted by molar-refractivity contribution is 7.71. The molecule has 1 aromatic heterocycles. The first-order valence-electron chi connectivity index (χ1n) is 7.56. The van der Waals surface area contributed by atoms with Gasteiger partial charge in [0.1, 0.15) is 6.10 Å². The Hall–Kier alpha value is -2.44. The zero-order chi connectivity index (χ0) is 18.1. The van der Waals surface area contributed by atoms with Crippen LogP contribution in [-0.2, 0) is 11.8 Å². The maximum Gasteiger partial charge on any atom is 0.338 e. The molecule has 3 aromatic rings. The fourth-order valence-electron chi connectivity index (χ4n) is 2.46. The topological polar surface area (TPSA) is 64.1 Å². The number of carbonyl (C=O) groups excluding carboxylic acids is 1. The first-order valence-corrected chi connectivity index (χ1v) is 8.35. The molecule has 0 saturated heterocycles. The van der Waals surface area contributed by atoms with Crippen LogP contribution in [0.1, 0.15) is 28.9 Å². The van der Waals surface area contributed by atoms with E-state index in [1.165, 1.54) is 4.57 Å². The largest absolute Gasteiger partial charge is 0.454 e. The van der Waals surface area contributed by atoms with Crippen LogP contribution in [0.25, 0.3) is 10.9 Å². The minimum absolute atomic E-state index is 0.215. The normalized spacial score (nSPS) is 12.1. The van der Waals surface area contributed by atoms with Crippen LogP contribution < -0.4 is 5.56 Å². The molecule has 0 spiro atoms. The monoisotopic (exact) mass is 374 g/mol. The van der Waals surface area contributed by atoms with E-state index in [2.05, 4.69) is 4.98 Å². The Labute approximate surface area is 153 Å². The molecule has 3 rings (SSSR count). The number of benzene rings is 2. The van der Waals surface area contributed by atoms with E-state index in [1.54, 1.807) is 44.3 Å². The highest BCUT2D eigenvalue weighted by Gasteiger charge is 2.15. The molecular weight excluding hydrogens is 360 g/mol. The van der Waals surface area contributed by atoms with Crippen molar-refractivity contribution in [1.29, 1.82) is 0 Å². The van der Waals surface area contributed by atoms with Gasteiger partial charge in [0.2, 0.25) is 0 Å². The lowest BCUT2D eigenvalue weighted by Gasteiger charge is -2.14. The molecule has 25 heavy (non-hydrogen) atoms. The van der Waals surface area contributed by atoms with Gasteiger partial charge in [-0.15, -0.1) is 0 Å². The second-order valence-electron chi connectivity index (χ2n) is 5.65. The second-order valence-corrected chi connectivity index (χ2v) is 6.48. The summed E-state index contributed by atoms with van der Waals surface area (Å²) in [6.07, 6.45) is -0.428. The number of hydrogen-bond donors (Lipinski definition) is 1. The van der Waals surface area contributed by atoms with Crippen molar-refractivity contribution in [1.82, 2.24) is 9.55 Å². The number of H-pyrrole nitrogens is 1. The van der Waals surface area contributed by atoms with Crippen LogP contribution in [0.5, 0.6) is 0 Å². The molecule has 1 atom stereocenters. The van der Waals surface area contributed by atoms with Crippen LogP contribution in [0.15, 0.2) is 47.3 Å². The molecule has 5 nitrogen and oxygen atoms in total. The molecule has 0 aliphatic carbocycles. The Morgan fingerprint density at radius 1 is 1.24 bits per heavy atom. The van der Waals surface area contributed by atoms with Crippen molar-refractivity contribution in [3.63, 3.8) is 0 Å². The average Bonchev–Trinajstić information content (AvgIpc) is 2.59. The molecule has 0 unspecified atom stereocenters. The number of rotatable bonds is 3. The molecule has 0 bridgehead atoms. The van der Waals surface area contributed by atoms with E-state index in [4.69, 9.17) is 28.6 Å². The molecule has 1 heterocycles. The van der Waals surface area contributed by atoms with Crippen LogP contribution in [0, 0.1) is 4.77 Å². The first kappa shape index (κ1) is 17.4. The van der Waals surface area contributed by atoms with Crippen LogP contribution in [0.3, 0.4) is 0 Å². The van der Waals surface area contributed by atoms with E-state index in [1.807, 2.05) is 12.1 Å². The van der Waals surface area contributed by atoms with Crippen LogP contribution >= 0.6 is 23.8 Å². The summed E-state index contributed by atoms with van der Waals surface area (Å²) in [5, 5.41) is 1.08. The Morgan fingerprint density at radius 2 is 1.92 bits per heavy atom. The molecule has 1 N–H and O–H groups in total. The molecule has 0 fully saturated rings. The van der Waals surface area contributed by atoms with Gasteiger partial charge in [0, 0.05) is 12.1 Å². The number of aromatic nitrogens is 2. The number of nitrogens with one attached hydrogen (secondary N) is 1. The fraction of sp³-hybridized carbons (Fsp3) is 0.167. The molecule has 0 radical (unpaired) electrons. The maximum absolute atomic E-state index is 12.4. The number of carbonyl (C=O) groups is 1. The third kappa shape index (κ3) is 3.50. The summed E-state index contributed by atoms with van der Waals surface area (Å²) in [4.78, 5) is 27.5. The van der Waals surface area contributed by atoms with Gasteiger partial charge in [-0.3, -0.25) is 9.36 Å². The summed E-state index contributed by atoms with van der Waals surface area (Å²) < 4.78 is 7.13. The number of esters is 1. The quantitative estimate of drug-likeness (QED) is 0.552. The molecular formula is C18H15ClN2O3S. The van der Waals surface area contributed by atoms with Crippen molar-refractivity contribution in [3.05, 3.63) is 73.7 Å². The summed E-state index contributed by atoms with van der Waals surface area (Å²) in [7, 11) is 1.59. The number of fused-ring (bicyclic) bond motifs is 1. The highest BCUT2D eigenvalue weighted by atomic mass is 35.5. The molecule has 0 aliphatic rings. The molecule has 0 saturated carbocycles. The minimum Gasteiger partial charge on any atom is -0.454 e. The maximum atomic E-state index is 12.4. The van der Waals surface area contributed by atoms with Gasteiger partial charge in [-0.1, -0.05) is 23.7 Å². The van der Waals surface area contributed by atoms with Gasteiger partial charge in [0.15, 0.2) is 4.77 Å². The van der Waals surface area contributed by atoms with Crippen molar-refractivity contribution in [3.8, 4) is 0 Å². The van der Waals surface area contributed by atoms with Gasteiger partial charge in [0.05, 0.1) is 16.5 Å². The second kappa shape index (κ2) is 6.82. The Morgan fingerprint density at radius 3 is 2.60 bits per heavy atom. The van der Waals surface area contributed by atoms with E-state index in [0.717, 1.165) is 5.56 Å². The summed E-state index contributed by atoms with van der Waals surface area (Å²) in [6.45, 7) is 1.78. The van der Waals surface area contributed by atoms with Crippen LogP contribution in [-0.4, -0.2) is 15.5 Å². The van der Waals surface area contributed by atoms with E-state index in [9.17, 15) is 9.59 Å². The van der Waals surface area contributed by atoms with E-state index in [0.29, 0.717) is 21.5 Å². The van der Waals surface area contributed by atoms with Crippen molar-refractivity contribution < 1.29 is 9.53 Å². The highest BCUT2D eigenvalue weighted by Crippen LogP contribution is 2.21. The van der Waals surface area contributed by atoms with Gasteiger partial charge in [-0.2, -0.15) is 0 Å². The fourth-order valence-corrected chi connectivity index (χ4v) is 2.78. The number of halogens is 1. The number of hydrogen-bond acceptors (Lipinski definition) is 4. The van der Waals surface area contributed by atoms with Gasteiger partial charge in [-0.05, 0) is 55.0 Å². The van der Waals surface area contributed by atoms with Crippen LogP contribution in [0.2, 0.25) is 5.02 Å². The third-order valence-electron chi connectivity index (χ3n) is 3.96. The van der Waals surface area contributed by atoms with Gasteiger partial charge in [0.25, 0.3) is 5.56 Å². The molecule has 2 aromatic carbocycles. The molecule has 7 heteroatoms. The van der Waals surface area contributed by atoms with Crippen molar-refractivity contribution in [2.24, 2.45) is 7.05 Å². The Bertz CT molecular complexity index is 1070. The average molecular weight is 375 g/mol. The summed E-state index contributed by atoms with van der Waals surface area (Å²) in [6, 6.07) is 11.8. The lowest BCUT2D eigenvalue weighted by Crippen LogP contribution is -2.19. The van der Waals surface area contributed by atoms with E-state index >= 15 is 0 Å². The summed E-state index contributed by atoms with van der Waals surface area (Å²) in [5.74, 6) is -0.482. The summed E-state index contributed by atoms with van der Waals surface area (Å²) in [5.41, 5.74) is 1.47. The van der Waals surface area contributed by atoms with Gasteiger partial charge < -0.3 is 9.72 Å². The molecule has 128 valence electrons. The van der Waals surface area contributed by atoms with E-state index in [-0.39, 0.29) is 10.3 Å². The third-order valence-corrected chi connectivity index (χ3v) is 4.59. The standard InChI is InChI=1S/C18H15ClN2O3S/c1-10(11-3-6-13(19)7-4-11)24-17(23)12-5-8-14-15(9-12)20-18(25)21(2)16(14)22/h3-10H,1-2H3,(H,20,25)/t10-/m1/s1.